The standard InChI is InChI=1S/C25H16ClN5O/c26-21-12-14(8-11-28-21)25(32)31-23-16-5-2-1-4-15(16)22-17(23)6-3-7-18(22)24-29-19-9-10-27-13-20(19)30-24/h1-13,23H,(H,29,30)(H,31,32)/t23-/m1/s1. The highest BCUT2D eigenvalue weighted by Crippen LogP contribution is 2.47. The minimum absolute atomic E-state index is 0.206. The molecule has 0 fully saturated rings. The molecule has 0 spiro atoms. The molecule has 0 unspecified atom stereocenters. The molecule has 3 heterocycles. The Hall–Kier alpha value is -4.03. The Morgan fingerprint density at radius 2 is 1.81 bits per heavy atom. The van der Waals surface area contributed by atoms with Crippen LogP contribution in [0.3, 0.4) is 0 Å². The largest absolute Gasteiger partial charge is 0.341 e. The second-order valence-corrected chi connectivity index (χ2v) is 8.00. The van der Waals surface area contributed by atoms with Crippen molar-refractivity contribution in [1.82, 2.24) is 25.3 Å². The summed E-state index contributed by atoms with van der Waals surface area (Å²) in [5.41, 5.74) is 7.40. The number of nitrogens with one attached hydrogen (secondary N) is 2. The number of amides is 1. The summed E-state index contributed by atoms with van der Waals surface area (Å²) in [6.45, 7) is 0. The zero-order valence-corrected chi connectivity index (χ0v) is 17.5. The molecule has 1 aliphatic rings. The number of carbonyl (C=O) groups is 1. The van der Waals surface area contributed by atoms with Crippen molar-refractivity contribution in [3.8, 4) is 22.5 Å². The summed E-state index contributed by atoms with van der Waals surface area (Å²) in [5, 5.41) is 3.46. The molecule has 6 rings (SSSR count). The molecule has 0 saturated carbocycles. The summed E-state index contributed by atoms with van der Waals surface area (Å²) >= 11 is 5.98. The van der Waals surface area contributed by atoms with Crippen LogP contribution >= 0.6 is 11.6 Å². The predicted octanol–water partition coefficient (Wildman–Crippen LogP) is 5.17. The Balaban J connectivity index is 1.48. The van der Waals surface area contributed by atoms with Crippen molar-refractivity contribution in [3.05, 3.63) is 101 Å². The average molecular weight is 438 g/mol. The molecule has 2 aromatic carbocycles. The summed E-state index contributed by atoms with van der Waals surface area (Å²) in [6, 6.07) is 19.0. The Labute approximate surface area is 188 Å². The van der Waals surface area contributed by atoms with E-state index < -0.39 is 0 Å². The number of rotatable bonds is 3. The van der Waals surface area contributed by atoms with Crippen molar-refractivity contribution >= 4 is 28.5 Å². The van der Waals surface area contributed by atoms with Crippen molar-refractivity contribution in [3.63, 3.8) is 0 Å². The Morgan fingerprint density at radius 3 is 2.69 bits per heavy atom. The van der Waals surface area contributed by atoms with Gasteiger partial charge >= 0.3 is 0 Å². The van der Waals surface area contributed by atoms with Gasteiger partial charge in [0, 0.05) is 23.5 Å². The molecule has 0 radical (unpaired) electrons. The van der Waals surface area contributed by atoms with E-state index in [1.807, 2.05) is 42.5 Å². The van der Waals surface area contributed by atoms with E-state index in [0.29, 0.717) is 5.56 Å². The molecule has 1 atom stereocenters. The van der Waals surface area contributed by atoms with Crippen molar-refractivity contribution in [2.45, 2.75) is 6.04 Å². The molecule has 7 heteroatoms. The molecule has 6 nitrogen and oxygen atoms in total. The Bertz CT molecular complexity index is 1480. The second-order valence-electron chi connectivity index (χ2n) is 7.61. The van der Waals surface area contributed by atoms with Gasteiger partial charge in [-0.15, -0.1) is 0 Å². The topological polar surface area (TPSA) is 83.6 Å². The SMILES string of the molecule is O=C(N[C@@H]1c2ccccc2-c2c(-c3nc4ccncc4[nH]3)cccc21)c1ccnc(Cl)c1. The molecule has 154 valence electrons. The Morgan fingerprint density at radius 1 is 0.969 bits per heavy atom. The zero-order valence-electron chi connectivity index (χ0n) is 16.7. The van der Waals surface area contributed by atoms with Crippen molar-refractivity contribution in [2.75, 3.05) is 0 Å². The molecule has 0 aliphatic heterocycles. The molecule has 1 aliphatic carbocycles. The third kappa shape index (κ3) is 2.96. The lowest BCUT2D eigenvalue weighted by atomic mass is 9.98. The molecular weight excluding hydrogens is 422 g/mol. The normalized spacial score (nSPS) is 14.2. The van der Waals surface area contributed by atoms with Crippen molar-refractivity contribution in [2.24, 2.45) is 0 Å². The maximum atomic E-state index is 13.0. The fraction of sp³-hybridized carbons (Fsp3) is 0.0400. The average Bonchev–Trinajstić information content (AvgIpc) is 3.39. The number of nitrogens with zero attached hydrogens (tertiary/aromatic N) is 3. The van der Waals surface area contributed by atoms with E-state index in [0.717, 1.165) is 44.7 Å². The van der Waals surface area contributed by atoms with E-state index in [9.17, 15) is 4.79 Å². The molecule has 2 N–H and O–H groups in total. The summed E-state index contributed by atoms with van der Waals surface area (Å²) in [6.07, 6.45) is 5.03. The fourth-order valence-electron chi connectivity index (χ4n) is 4.35. The molecule has 5 aromatic rings. The van der Waals surface area contributed by atoms with E-state index >= 15 is 0 Å². The highest BCUT2D eigenvalue weighted by molar-refractivity contribution is 6.29. The number of pyridine rings is 2. The van der Waals surface area contributed by atoms with Crippen LogP contribution in [0.5, 0.6) is 0 Å². The number of aromatic nitrogens is 4. The molecule has 32 heavy (non-hydrogen) atoms. The summed E-state index contributed by atoms with van der Waals surface area (Å²) in [4.78, 5) is 29.3. The number of aromatic amines is 1. The van der Waals surface area contributed by atoms with E-state index in [1.165, 1.54) is 6.20 Å². The predicted molar refractivity (Wildman–Crippen MR) is 123 cm³/mol. The summed E-state index contributed by atoms with van der Waals surface area (Å²) in [7, 11) is 0. The lowest BCUT2D eigenvalue weighted by Gasteiger charge is -2.16. The molecule has 3 aromatic heterocycles. The second kappa shape index (κ2) is 7.28. The first-order valence-corrected chi connectivity index (χ1v) is 10.5. The number of halogens is 1. The number of hydrogen-bond donors (Lipinski definition) is 2. The van der Waals surface area contributed by atoms with Gasteiger partial charge in [0.05, 0.1) is 23.3 Å². The number of benzene rings is 2. The number of carbonyl (C=O) groups excluding carboxylic acids is 1. The van der Waals surface area contributed by atoms with Gasteiger partial charge in [-0.3, -0.25) is 9.78 Å². The van der Waals surface area contributed by atoms with Crippen LogP contribution in [0, 0.1) is 0 Å². The van der Waals surface area contributed by atoms with Crippen LogP contribution in [0.25, 0.3) is 33.5 Å². The summed E-state index contributed by atoms with van der Waals surface area (Å²) in [5.74, 6) is 0.565. The van der Waals surface area contributed by atoms with E-state index in [-0.39, 0.29) is 17.1 Å². The van der Waals surface area contributed by atoms with Crippen LogP contribution < -0.4 is 5.32 Å². The van der Waals surface area contributed by atoms with Gasteiger partial charge in [0.1, 0.15) is 11.0 Å². The molecular formula is C25H16ClN5O. The quantitative estimate of drug-likeness (QED) is 0.381. The number of H-pyrrole nitrogens is 1. The third-order valence-corrected chi connectivity index (χ3v) is 5.96. The number of hydrogen-bond acceptors (Lipinski definition) is 4. The van der Waals surface area contributed by atoms with Gasteiger partial charge in [-0.2, -0.15) is 0 Å². The summed E-state index contributed by atoms with van der Waals surface area (Å²) < 4.78 is 0. The number of fused-ring (bicyclic) bond motifs is 4. The molecule has 1 amide bonds. The minimum atomic E-state index is -0.286. The molecule has 0 bridgehead atoms. The fourth-order valence-corrected chi connectivity index (χ4v) is 4.52. The van der Waals surface area contributed by atoms with Gasteiger partial charge in [-0.25, -0.2) is 9.97 Å². The lowest BCUT2D eigenvalue weighted by Crippen LogP contribution is -2.28. The zero-order chi connectivity index (χ0) is 21.7. The lowest BCUT2D eigenvalue weighted by molar-refractivity contribution is 0.0943. The monoisotopic (exact) mass is 437 g/mol. The van der Waals surface area contributed by atoms with E-state index in [4.69, 9.17) is 16.6 Å². The molecule has 0 saturated heterocycles. The van der Waals surface area contributed by atoms with Crippen LogP contribution in [-0.4, -0.2) is 25.8 Å². The first-order valence-electron chi connectivity index (χ1n) is 10.1. The smallest absolute Gasteiger partial charge is 0.252 e. The maximum Gasteiger partial charge on any atom is 0.252 e. The van der Waals surface area contributed by atoms with Crippen LogP contribution in [-0.2, 0) is 0 Å². The van der Waals surface area contributed by atoms with Crippen LogP contribution in [0.2, 0.25) is 5.15 Å². The van der Waals surface area contributed by atoms with Gasteiger partial charge in [0.25, 0.3) is 5.91 Å². The first kappa shape index (κ1) is 18.7. The van der Waals surface area contributed by atoms with E-state index in [1.54, 1.807) is 24.5 Å². The first-order chi connectivity index (χ1) is 15.7. The van der Waals surface area contributed by atoms with Gasteiger partial charge in [-0.1, -0.05) is 54.1 Å². The van der Waals surface area contributed by atoms with Gasteiger partial charge < -0.3 is 10.3 Å². The highest BCUT2D eigenvalue weighted by Gasteiger charge is 2.32. The minimum Gasteiger partial charge on any atom is -0.341 e. The van der Waals surface area contributed by atoms with Crippen LogP contribution in [0.15, 0.2) is 79.3 Å². The Kier molecular flexibility index (Phi) is 4.26. The van der Waals surface area contributed by atoms with Gasteiger partial charge in [-0.05, 0) is 40.5 Å². The van der Waals surface area contributed by atoms with Crippen molar-refractivity contribution in [1.29, 1.82) is 0 Å². The van der Waals surface area contributed by atoms with Crippen molar-refractivity contribution < 1.29 is 4.79 Å². The van der Waals surface area contributed by atoms with Gasteiger partial charge in [0.15, 0.2) is 0 Å². The maximum absolute atomic E-state index is 13.0. The highest BCUT2D eigenvalue weighted by atomic mass is 35.5. The van der Waals surface area contributed by atoms with E-state index in [2.05, 4.69) is 26.3 Å². The van der Waals surface area contributed by atoms with Crippen LogP contribution in [0.1, 0.15) is 27.5 Å². The van der Waals surface area contributed by atoms with Gasteiger partial charge in [0.2, 0.25) is 0 Å². The van der Waals surface area contributed by atoms with Crippen LogP contribution in [0.4, 0.5) is 0 Å². The number of imidazole rings is 1. The third-order valence-electron chi connectivity index (χ3n) is 5.75.